The highest BCUT2D eigenvalue weighted by atomic mass is 15.2. The van der Waals surface area contributed by atoms with Gasteiger partial charge in [-0.3, -0.25) is 4.90 Å². The number of nitrogens with one attached hydrogen (secondary N) is 1. The summed E-state index contributed by atoms with van der Waals surface area (Å²) in [6.45, 7) is 2.45. The van der Waals surface area contributed by atoms with Crippen LogP contribution in [0.15, 0.2) is 0 Å². The minimum Gasteiger partial charge on any atom is -0.315 e. The van der Waals surface area contributed by atoms with E-state index in [4.69, 9.17) is 0 Å². The Morgan fingerprint density at radius 2 is 1.83 bits per heavy atom. The van der Waals surface area contributed by atoms with Gasteiger partial charge in [0.25, 0.3) is 0 Å². The Kier molecular flexibility index (Phi) is 2.66. The number of rotatable bonds is 2. The zero-order valence-corrected chi connectivity index (χ0v) is 8.05. The van der Waals surface area contributed by atoms with Crippen molar-refractivity contribution in [3.8, 4) is 0 Å². The zero-order valence-electron chi connectivity index (χ0n) is 8.05. The van der Waals surface area contributed by atoms with E-state index in [0.29, 0.717) is 0 Å². The lowest BCUT2D eigenvalue weighted by molar-refractivity contribution is 0.0945. The molecule has 2 heteroatoms. The highest BCUT2D eigenvalue weighted by Crippen LogP contribution is 2.26. The average molecular weight is 168 g/mol. The van der Waals surface area contributed by atoms with E-state index in [2.05, 4.69) is 17.3 Å². The molecule has 2 aliphatic rings. The van der Waals surface area contributed by atoms with E-state index < -0.39 is 0 Å². The molecule has 0 radical (unpaired) electrons. The molecule has 2 nitrogen and oxygen atoms in total. The van der Waals surface area contributed by atoms with Gasteiger partial charge in [0, 0.05) is 18.6 Å². The van der Waals surface area contributed by atoms with Crippen LogP contribution in [0.5, 0.6) is 0 Å². The van der Waals surface area contributed by atoms with Crippen LogP contribution in [0.25, 0.3) is 0 Å². The first-order valence-corrected chi connectivity index (χ1v) is 5.30. The maximum Gasteiger partial charge on any atom is 0.0220 e. The molecule has 1 unspecified atom stereocenters. The van der Waals surface area contributed by atoms with Crippen LogP contribution in [0.1, 0.15) is 32.1 Å². The molecule has 1 aliphatic carbocycles. The first-order chi connectivity index (χ1) is 5.88. The number of nitrogens with zero attached hydrogens (tertiary/aromatic N) is 1. The number of likely N-dealkylation sites (N-methyl/N-ethyl adjacent to an activating group) is 1. The molecule has 0 aromatic heterocycles. The molecule has 1 heterocycles. The fraction of sp³-hybridized carbons (Fsp3) is 1.00. The molecule has 0 amide bonds. The fourth-order valence-corrected chi connectivity index (χ4v) is 2.27. The lowest BCUT2D eigenvalue weighted by atomic mass is 9.90. The van der Waals surface area contributed by atoms with E-state index in [-0.39, 0.29) is 0 Å². The molecular weight excluding hydrogens is 148 g/mol. The fourth-order valence-electron chi connectivity index (χ4n) is 2.27. The molecule has 2 fully saturated rings. The molecule has 1 saturated heterocycles. The Labute approximate surface area is 75.3 Å². The van der Waals surface area contributed by atoms with Crippen LogP contribution in [0.2, 0.25) is 0 Å². The van der Waals surface area contributed by atoms with Crippen molar-refractivity contribution in [1.29, 1.82) is 0 Å². The summed E-state index contributed by atoms with van der Waals surface area (Å²) in [5.41, 5.74) is 0. The SMILES string of the molecule is CN(C1CCC1)C1CCCNC1. The average Bonchev–Trinajstić information content (AvgIpc) is 2.03. The molecular formula is C10H20N2. The number of hydrogen-bond donors (Lipinski definition) is 1. The van der Waals surface area contributed by atoms with Gasteiger partial charge < -0.3 is 5.32 Å². The van der Waals surface area contributed by atoms with Crippen LogP contribution >= 0.6 is 0 Å². The third-order valence-electron chi connectivity index (χ3n) is 3.50. The van der Waals surface area contributed by atoms with Crippen LogP contribution < -0.4 is 5.32 Å². The number of hydrogen-bond acceptors (Lipinski definition) is 2. The van der Waals surface area contributed by atoms with Crippen molar-refractivity contribution >= 4 is 0 Å². The molecule has 1 N–H and O–H groups in total. The molecule has 0 bridgehead atoms. The van der Waals surface area contributed by atoms with E-state index in [1.807, 2.05) is 0 Å². The van der Waals surface area contributed by atoms with Gasteiger partial charge in [0.1, 0.15) is 0 Å². The van der Waals surface area contributed by atoms with Gasteiger partial charge in [0.05, 0.1) is 0 Å². The molecule has 0 spiro atoms. The van der Waals surface area contributed by atoms with Gasteiger partial charge in [-0.1, -0.05) is 6.42 Å². The van der Waals surface area contributed by atoms with Crippen LogP contribution in [0.3, 0.4) is 0 Å². The summed E-state index contributed by atoms with van der Waals surface area (Å²) in [5.74, 6) is 0. The van der Waals surface area contributed by atoms with Gasteiger partial charge in [0.2, 0.25) is 0 Å². The molecule has 1 aliphatic heterocycles. The Morgan fingerprint density at radius 1 is 1.08 bits per heavy atom. The van der Waals surface area contributed by atoms with Crippen molar-refractivity contribution in [3.63, 3.8) is 0 Å². The summed E-state index contributed by atoms with van der Waals surface area (Å²) >= 11 is 0. The summed E-state index contributed by atoms with van der Waals surface area (Å²) in [6, 6.07) is 1.74. The van der Waals surface area contributed by atoms with Gasteiger partial charge >= 0.3 is 0 Å². The Hall–Kier alpha value is -0.0800. The summed E-state index contributed by atoms with van der Waals surface area (Å²) in [7, 11) is 2.31. The van der Waals surface area contributed by atoms with Crippen molar-refractivity contribution in [2.24, 2.45) is 0 Å². The predicted octanol–water partition coefficient (Wildman–Crippen LogP) is 1.22. The van der Waals surface area contributed by atoms with Crippen molar-refractivity contribution < 1.29 is 0 Å². The second-order valence-corrected chi connectivity index (χ2v) is 4.25. The van der Waals surface area contributed by atoms with Crippen molar-refractivity contribution in [1.82, 2.24) is 10.2 Å². The quantitative estimate of drug-likeness (QED) is 0.667. The first kappa shape index (κ1) is 8.52. The third-order valence-corrected chi connectivity index (χ3v) is 3.50. The Bertz CT molecular complexity index is 137. The molecule has 0 aromatic carbocycles. The second kappa shape index (κ2) is 3.75. The van der Waals surface area contributed by atoms with Gasteiger partial charge in [-0.25, -0.2) is 0 Å². The highest BCUT2D eigenvalue weighted by molar-refractivity contribution is 4.85. The maximum atomic E-state index is 3.48. The van der Waals surface area contributed by atoms with E-state index >= 15 is 0 Å². The van der Waals surface area contributed by atoms with E-state index in [1.54, 1.807) is 0 Å². The number of piperidine rings is 1. The molecule has 2 rings (SSSR count). The Morgan fingerprint density at radius 3 is 2.33 bits per heavy atom. The van der Waals surface area contributed by atoms with Crippen molar-refractivity contribution in [2.45, 2.75) is 44.2 Å². The normalized spacial score (nSPS) is 32.0. The minimum absolute atomic E-state index is 0.823. The van der Waals surface area contributed by atoms with E-state index in [0.717, 1.165) is 12.1 Å². The van der Waals surface area contributed by atoms with Crippen molar-refractivity contribution in [3.05, 3.63) is 0 Å². The van der Waals surface area contributed by atoms with Gasteiger partial charge in [-0.2, -0.15) is 0 Å². The van der Waals surface area contributed by atoms with Crippen LogP contribution in [-0.2, 0) is 0 Å². The van der Waals surface area contributed by atoms with E-state index in [1.165, 1.54) is 45.2 Å². The first-order valence-electron chi connectivity index (χ1n) is 5.30. The van der Waals surface area contributed by atoms with E-state index in [9.17, 15) is 0 Å². The third kappa shape index (κ3) is 1.64. The topological polar surface area (TPSA) is 15.3 Å². The molecule has 12 heavy (non-hydrogen) atoms. The van der Waals surface area contributed by atoms with Crippen LogP contribution in [-0.4, -0.2) is 37.1 Å². The highest BCUT2D eigenvalue weighted by Gasteiger charge is 2.27. The zero-order chi connectivity index (χ0) is 8.39. The lowest BCUT2D eigenvalue weighted by Gasteiger charge is -2.41. The summed E-state index contributed by atoms with van der Waals surface area (Å²) in [6.07, 6.45) is 7.09. The molecule has 0 aromatic rings. The minimum atomic E-state index is 0.823. The van der Waals surface area contributed by atoms with Gasteiger partial charge in [0.15, 0.2) is 0 Å². The monoisotopic (exact) mass is 168 g/mol. The predicted molar refractivity (Wildman–Crippen MR) is 51.3 cm³/mol. The van der Waals surface area contributed by atoms with Crippen LogP contribution in [0, 0.1) is 0 Å². The summed E-state index contributed by atoms with van der Waals surface area (Å²) in [4.78, 5) is 2.61. The second-order valence-electron chi connectivity index (χ2n) is 4.25. The maximum absolute atomic E-state index is 3.48. The molecule has 1 atom stereocenters. The van der Waals surface area contributed by atoms with Gasteiger partial charge in [-0.05, 0) is 39.3 Å². The summed E-state index contributed by atoms with van der Waals surface area (Å²) in [5, 5.41) is 3.48. The van der Waals surface area contributed by atoms with Gasteiger partial charge in [-0.15, -0.1) is 0 Å². The summed E-state index contributed by atoms with van der Waals surface area (Å²) < 4.78 is 0. The van der Waals surface area contributed by atoms with Crippen molar-refractivity contribution in [2.75, 3.05) is 20.1 Å². The molecule has 70 valence electrons. The largest absolute Gasteiger partial charge is 0.315 e. The standard InChI is InChI=1S/C10H20N2/c1-12(9-4-2-5-9)10-6-3-7-11-8-10/h9-11H,2-8H2,1H3. The molecule has 1 saturated carbocycles. The van der Waals surface area contributed by atoms with Crippen LogP contribution in [0.4, 0.5) is 0 Å². The Balaban J connectivity index is 1.80. The smallest absolute Gasteiger partial charge is 0.0220 e. The lowest BCUT2D eigenvalue weighted by Crippen LogP contribution is -2.50.